The number of hydrogen-bond donors (Lipinski definition) is 0. The van der Waals surface area contributed by atoms with Gasteiger partial charge in [0.25, 0.3) is 5.56 Å². The Hall–Kier alpha value is -1.79. The van der Waals surface area contributed by atoms with Gasteiger partial charge in [0.1, 0.15) is 0 Å². The normalized spacial score (nSPS) is 11.3. The summed E-state index contributed by atoms with van der Waals surface area (Å²) in [5.74, 6) is 1.05. The molecule has 0 spiro atoms. The number of fused-ring (bicyclic) bond motifs is 3. The summed E-state index contributed by atoms with van der Waals surface area (Å²) in [5, 5.41) is 10.1. The number of rotatable bonds is 3. The molecule has 7 heteroatoms. The Morgan fingerprint density at radius 2 is 2.15 bits per heavy atom. The van der Waals surface area contributed by atoms with Gasteiger partial charge >= 0.3 is 0 Å². The molecule has 3 aromatic rings. The minimum absolute atomic E-state index is 0.0844. The van der Waals surface area contributed by atoms with Gasteiger partial charge in [-0.3, -0.25) is 13.8 Å². The van der Waals surface area contributed by atoms with Crippen molar-refractivity contribution in [2.45, 2.75) is 5.16 Å². The van der Waals surface area contributed by atoms with Crippen LogP contribution in [0.2, 0.25) is 0 Å². The van der Waals surface area contributed by atoms with Crippen LogP contribution in [0, 0.1) is 0 Å². The minimum atomic E-state index is -0.0844. The minimum Gasteiger partial charge on any atom is -0.279 e. The molecule has 0 aliphatic rings. The first-order chi connectivity index (χ1) is 9.59. The average molecular weight is 307 g/mol. The fourth-order valence-electron chi connectivity index (χ4n) is 2.05. The zero-order valence-corrected chi connectivity index (χ0v) is 12.3. The van der Waals surface area contributed by atoms with Crippen LogP contribution in [-0.4, -0.2) is 24.9 Å². The van der Waals surface area contributed by atoms with Gasteiger partial charge in [-0.2, -0.15) is 0 Å². The molecule has 3 rings (SSSR count). The van der Waals surface area contributed by atoms with Crippen LogP contribution in [0.1, 0.15) is 0 Å². The summed E-state index contributed by atoms with van der Waals surface area (Å²) >= 11 is 7.23. The number of aryl methyl sites for hydroxylation is 1. The molecular formula is C13H11ClN4OS. The Balaban J connectivity index is 2.35. The summed E-state index contributed by atoms with van der Waals surface area (Å²) in [6.45, 7) is 3.66. The molecule has 0 atom stereocenters. The van der Waals surface area contributed by atoms with Crippen molar-refractivity contribution in [1.82, 2.24) is 19.2 Å². The number of halogens is 1. The van der Waals surface area contributed by atoms with Crippen molar-refractivity contribution in [3.05, 3.63) is 46.2 Å². The maximum absolute atomic E-state index is 12.3. The molecule has 0 N–H and O–H groups in total. The van der Waals surface area contributed by atoms with Gasteiger partial charge < -0.3 is 0 Å². The lowest BCUT2D eigenvalue weighted by Gasteiger charge is -2.07. The van der Waals surface area contributed by atoms with Crippen LogP contribution in [0.5, 0.6) is 0 Å². The lowest BCUT2D eigenvalue weighted by Crippen LogP contribution is -2.20. The van der Waals surface area contributed by atoms with Crippen LogP contribution in [0.25, 0.3) is 16.7 Å². The van der Waals surface area contributed by atoms with Crippen LogP contribution >= 0.6 is 23.4 Å². The van der Waals surface area contributed by atoms with E-state index in [0.717, 1.165) is 5.52 Å². The van der Waals surface area contributed by atoms with Gasteiger partial charge in [0.2, 0.25) is 5.78 Å². The second-order valence-corrected chi connectivity index (χ2v) is 5.78. The second kappa shape index (κ2) is 4.96. The maximum Gasteiger partial charge on any atom is 0.262 e. The zero-order chi connectivity index (χ0) is 14.3. The Kier molecular flexibility index (Phi) is 3.27. The highest BCUT2D eigenvalue weighted by molar-refractivity contribution is 7.99. The summed E-state index contributed by atoms with van der Waals surface area (Å²) in [5.41, 5.74) is 0.706. The van der Waals surface area contributed by atoms with Gasteiger partial charge in [0.05, 0.1) is 10.9 Å². The van der Waals surface area contributed by atoms with E-state index in [1.54, 1.807) is 13.1 Å². The molecule has 0 bridgehead atoms. The molecular weight excluding hydrogens is 296 g/mol. The topological polar surface area (TPSA) is 52.2 Å². The lowest BCUT2D eigenvalue weighted by atomic mass is 10.2. The molecule has 0 aliphatic heterocycles. The highest BCUT2D eigenvalue weighted by Gasteiger charge is 2.14. The Morgan fingerprint density at radius 1 is 1.40 bits per heavy atom. The summed E-state index contributed by atoms with van der Waals surface area (Å²) < 4.78 is 3.36. The Morgan fingerprint density at radius 3 is 2.90 bits per heavy atom. The van der Waals surface area contributed by atoms with E-state index in [1.807, 2.05) is 22.6 Å². The molecule has 2 heterocycles. The average Bonchev–Trinajstić information content (AvgIpc) is 2.86. The van der Waals surface area contributed by atoms with E-state index < -0.39 is 0 Å². The van der Waals surface area contributed by atoms with Gasteiger partial charge in [-0.05, 0) is 12.1 Å². The van der Waals surface area contributed by atoms with Gasteiger partial charge in [0, 0.05) is 17.8 Å². The third-order valence-corrected chi connectivity index (χ3v) is 4.26. The van der Waals surface area contributed by atoms with Crippen molar-refractivity contribution >= 4 is 40.0 Å². The van der Waals surface area contributed by atoms with Crippen LogP contribution in [-0.2, 0) is 7.05 Å². The molecule has 0 aliphatic carbocycles. The molecule has 0 saturated heterocycles. The van der Waals surface area contributed by atoms with Crippen LogP contribution < -0.4 is 5.56 Å². The molecule has 20 heavy (non-hydrogen) atoms. The summed E-state index contributed by atoms with van der Waals surface area (Å²) in [7, 11) is 1.69. The fraction of sp³-hybridized carbons (Fsp3) is 0.154. The van der Waals surface area contributed by atoms with E-state index >= 15 is 0 Å². The van der Waals surface area contributed by atoms with E-state index in [4.69, 9.17) is 11.6 Å². The first-order valence-corrected chi connectivity index (χ1v) is 7.25. The van der Waals surface area contributed by atoms with E-state index in [2.05, 4.69) is 16.8 Å². The molecule has 0 saturated carbocycles. The second-order valence-electron chi connectivity index (χ2n) is 4.31. The molecule has 5 nitrogen and oxygen atoms in total. The number of thioether (sulfide) groups is 1. The lowest BCUT2D eigenvalue weighted by molar-refractivity contribution is 0.853. The first-order valence-electron chi connectivity index (χ1n) is 5.88. The predicted octanol–water partition coefficient (Wildman–Crippen LogP) is 2.43. The Labute approximate surface area is 123 Å². The third kappa shape index (κ3) is 2.01. The van der Waals surface area contributed by atoms with Crippen molar-refractivity contribution < 1.29 is 0 Å². The van der Waals surface area contributed by atoms with Crippen LogP contribution in [0.4, 0.5) is 0 Å². The zero-order valence-electron chi connectivity index (χ0n) is 10.7. The first kappa shape index (κ1) is 13.2. The molecule has 0 amide bonds. The van der Waals surface area contributed by atoms with Crippen molar-refractivity contribution in [3.63, 3.8) is 0 Å². The quantitative estimate of drug-likeness (QED) is 0.697. The summed E-state index contributed by atoms with van der Waals surface area (Å²) in [6.07, 6.45) is 0. The monoisotopic (exact) mass is 306 g/mol. The number of hydrogen-bond acceptors (Lipinski definition) is 4. The van der Waals surface area contributed by atoms with Gasteiger partial charge in [-0.15, -0.1) is 10.2 Å². The van der Waals surface area contributed by atoms with Crippen molar-refractivity contribution in [3.8, 4) is 0 Å². The highest BCUT2D eigenvalue weighted by atomic mass is 35.5. The van der Waals surface area contributed by atoms with Crippen LogP contribution in [0.15, 0.2) is 45.8 Å². The van der Waals surface area contributed by atoms with Gasteiger partial charge in [-0.1, -0.05) is 42.1 Å². The molecule has 0 radical (unpaired) electrons. The predicted molar refractivity (Wildman–Crippen MR) is 81.5 cm³/mol. The van der Waals surface area contributed by atoms with E-state index in [1.165, 1.54) is 16.3 Å². The smallest absolute Gasteiger partial charge is 0.262 e. The van der Waals surface area contributed by atoms with Crippen LogP contribution in [0.3, 0.4) is 0 Å². The molecule has 0 fully saturated rings. The van der Waals surface area contributed by atoms with E-state index in [-0.39, 0.29) is 5.56 Å². The van der Waals surface area contributed by atoms with Crippen molar-refractivity contribution in [2.24, 2.45) is 7.05 Å². The molecule has 1 aromatic carbocycles. The van der Waals surface area contributed by atoms with E-state index in [9.17, 15) is 4.79 Å². The van der Waals surface area contributed by atoms with Gasteiger partial charge in [0.15, 0.2) is 5.16 Å². The standard InChI is InChI=1S/C13H11ClN4OS/c1-8(14)7-20-13-16-15-12-17(2)11(19)9-5-3-4-6-10(9)18(12)13/h3-6H,1,7H2,2H3. The number of aromatic nitrogens is 4. The van der Waals surface area contributed by atoms with E-state index in [0.29, 0.717) is 27.1 Å². The SMILES string of the molecule is C=C(Cl)CSc1nnc2n(C)c(=O)c3ccccc3n12. The van der Waals surface area contributed by atoms with Crippen molar-refractivity contribution in [2.75, 3.05) is 5.75 Å². The van der Waals surface area contributed by atoms with Gasteiger partial charge in [-0.25, -0.2) is 0 Å². The Bertz CT molecular complexity index is 883. The molecule has 0 unspecified atom stereocenters. The van der Waals surface area contributed by atoms with Crippen molar-refractivity contribution in [1.29, 1.82) is 0 Å². The third-order valence-electron chi connectivity index (χ3n) is 2.95. The number of para-hydroxylation sites is 1. The largest absolute Gasteiger partial charge is 0.279 e. The number of nitrogens with zero attached hydrogens (tertiary/aromatic N) is 4. The molecule has 2 aromatic heterocycles. The number of benzene rings is 1. The fourth-order valence-corrected chi connectivity index (χ4v) is 2.90. The summed E-state index contributed by atoms with van der Waals surface area (Å²) in [4.78, 5) is 12.3. The summed E-state index contributed by atoms with van der Waals surface area (Å²) in [6, 6.07) is 7.40. The molecule has 102 valence electrons. The highest BCUT2D eigenvalue weighted by Crippen LogP contribution is 2.23. The maximum atomic E-state index is 12.3.